The van der Waals surface area contributed by atoms with Gasteiger partial charge in [-0.25, -0.2) is 9.38 Å². The van der Waals surface area contributed by atoms with Gasteiger partial charge in [-0.3, -0.25) is 0 Å². The second-order valence-electron chi connectivity index (χ2n) is 7.02. The monoisotopic (exact) mass is 366 g/mol. The Kier molecular flexibility index (Phi) is 4.60. The van der Waals surface area contributed by atoms with Gasteiger partial charge in [0.25, 0.3) is 6.02 Å². The molecule has 1 aromatic rings. The Labute approximate surface area is 158 Å². The van der Waals surface area contributed by atoms with E-state index >= 15 is 0 Å². The zero-order chi connectivity index (χ0) is 18.9. The van der Waals surface area contributed by atoms with Crippen molar-refractivity contribution >= 4 is 6.02 Å². The van der Waals surface area contributed by atoms with Crippen molar-refractivity contribution in [2.45, 2.75) is 24.8 Å². The number of hydrogen-bond acceptors (Lipinski definition) is 4. The van der Waals surface area contributed by atoms with Crippen LogP contribution in [0.5, 0.6) is 0 Å². The quantitative estimate of drug-likeness (QED) is 0.865. The summed E-state index contributed by atoms with van der Waals surface area (Å²) in [6.45, 7) is 0.385. The summed E-state index contributed by atoms with van der Waals surface area (Å²) in [6.07, 6.45) is 10.0. The third kappa shape index (κ3) is 3.07. The lowest BCUT2D eigenvalue weighted by atomic mass is 9.73. The van der Waals surface area contributed by atoms with E-state index in [0.717, 1.165) is 23.1 Å². The van der Waals surface area contributed by atoms with Crippen molar-refractivity contribution in [2.24, 2.45) is 16.6 Å². The molecule has 3 aliphatic rings. The molecule has 0 amide bonds. The molecule has 0 saturated heterocycles. The molecule has 4 nitrogen and oxygen atoms in total. The molecule has 1 heterocycles. The van der Waals surface area contributed by atoms with Crippen molar-refractivity contribution in [1.29, 1.82) is 0 Å². The molecule has 2 unspecified atom stereocenters. The largest absolute Gasteiger partial charge is 0.494 e. The van der Waals surface area contributed by atoms with Gasteiger partial charge < -0.3 is 15.2 Å². The summed E-state index contributed by atoms with van der Waals surface area (Å²) >= 11 is 0. The molecule has 0 radical (unpaired) electrons. The molecular formula is C22H23FN2O2. The highest BCUT2D eigenvalue weighted by molar-refractivity contribution is 5.74. The summed E-state index contributed by atoms with van der Waals surface area (Å²) in [7, 11) is 1.50. The molecule has 0 bridgehead atoms. The van der Waals surface area contributed by atoms with Gasteiger partial charge in [-0.05, 0) is 42.0 Å². The molecular weight excluding hydrogens is 343 g/mol. The van der Waals surface area contributed by atoms with Crippen LogP contribution < -0.4 is 5.73 Å². The number of aliphatic imine (C=N–C) groups is 1. The first kappa shape index (κ1) is 17.6. The van der Waals surface area contributed by atoms with Gasteiger partial charge in [-0.2, -0.15) is 0 Å². The summed E-state index contributed by atoms with van der Waals surface area (Å²) in [5.74, 6) is 0.0918. The van der Waals surface area contributed by atoms with Crippen LogP contribution >= 0.6 is 0 Å². The second kappa shape index (κ2) is 7.06. The highest BCUT2D eigenvalue weighted by Crippen LogP contribution is 2.45. The predicted octanol–water partition coefficient (Wildman–Crippen LogP) is 4.28. The number of halogens is 1. The van der Waals surface area contributed by atoms with Crippen molar-refractivity contribution in [3.05, 3.63) is 82.9 Å². The van der Waals surface area contributed by atoms with Gasteiger partial charge in [-0.1, -0.05) is 48.6 Å². The number of nitrogens with two attached hydrogens (primary N) is 1. The molecule has 0 aromatic heterocycles. The highest BCUT2D eigenvalue weighted by Gasteiger charge is 2.45. The van der Waals surface area contributed by atoms with Crippen molar-refractivity contribution in [2.75, 3.05) is 13.7 Å². The Balaban J connectivity index is 1.69. The van der Waals surface area contributed by atoms with Crippen LogP contribution in [0.4, 0.5) is 4.39 Å². The summed E-state index contributed by atoms with van der Waals surface area (Å²) in [5, 5.41) is 0. The van der Waals surface area contributed by atoms with Crippen molar-refractivity contribution in [3.63, 3.8) is 0 Å². The summed E-state index contributed by atoms with van der Waals surface area (Å²) < 4.78 is 25.6. The van der Waals surface area contributed by atoms with Crippen molar-refractivity contribution in [1.82, 2.24) is 0 Å². The smallest absolute Gasteiger partial charge is 0.283 e. The van der Waals surface area contributed by atoms with Crippen LogP contribution in [0.2, 0.25) is 0 Å². The van der Waals surface area contributed by atoms with E-state index in [1.54, 1.807) is 6.08 Å². The lowest BCUT2D eigenvalue weighted by molar-refractivity contribution is 0.211. The van der Waals surface area contributed by atoms with Crippen LogP contribution in [-0.2, 0) is 15.0 Å². The number of nitrogens with zero attached hydrogens (tertiary/aromatic N) is 1. The van der Waals surface area contributed by atoms with Crippen LogP contribution in [0.15, 0.2) is 82.4 Å². The molecule has 1 aliphatic heterocycles. The van der Waals surface area contributed by atoms with Gasteiger partial charge in [0.2, 0.25) is 0 Å². The first-order valence-electron chi connectivity index (χ1n) is 9.18. The average molecular weight is 366 g/mol. The van der Waals surface area contributed by atoms with E-state index in [2.05, 4.69) is 6.08 Å². The number of methoxy groups -OCH3 is 1. The van der Waals surface area contributed by atoms with Gasteiger partial charge in [-0.15, -0.1) is 0 Å². The molecule has 5 heteroatoms. The number of ether oxygens (including phenoxy) is 2. The Hall–Kier alpha value is -2.82. The molecule has 0 spiro atoms. The van der Waals surface area contributed by atoms with E-state index in [4.69, 9.17) is 20.2 Å². The zero-order valence-electron chi connectivity index (χ0n) is 15.3. The molecule has 2 N–H and O–H groups in total. The molecule has 0 saturated carbocycles. The van der Waals surface area contributed by atoms with E-state index in [-0.39, 0.29) is 17.8 Å². The minimum atomic E-state index is -0.590. The molecule has 2 aliphatic carbocycles. The van der Waals surface area contributed by atoms with Gasteiger partial charge in [0.1, 0.15) is 12.1 Å². The first-order chi connectivity index (χ1) is 13.1. The van der Waals surface area contributed by atoms with E-state index in [1.807, 2.05) is 42.5 Å². The fraction of sp³-hybridized carbons (Fsp3) is 0.318. The van der Waals surface area contributed by atoms with Gasteiger partial charge >= 0.3 is 0 Å². The van der Waals surface area contributed by atoms with Crippen molar-refractivity contribution in [3.8, 4) is 0 Å². The Bertz CT molecular complexity index is 883. The third-order valence-corrected chi connectivity index (χ3v) is 5.53. The number of benzene rings is 1. The van der Waals surface area contributed by atoms with Gasteiger partial charge in [0, 0.05) is 5.92 Å². The van der Waals surface area contributed by atoms with Crippen LogP contribution in [0.25, 0.3) is 0 Å². The number of amidine groups is 1. The number of hydrogen-bond donors (Lipinski definition) is 1. The van der Waals surface area contributed by atoms with E-state index < -0.39 is 5.54 Å². The zero-order valence-corrected chi connectivity index (χ0v) is 15.3. The summed E-state index contributed by atoms with van der Waals surface area (Å²) in [5.41, 5.74) is 8.06. The SMILES string of the molecule is COC1=CCCC(C2=CC=CC(C3(c4ccccc4)COC(N)=N3)C2)=C1F. The highest BCUT2D eigenvalue weighted by atomic mass is 19.1. The minimum absolute atomic E-state index is 0.0261. The summed E-state index contributed by atoms with van der Waals surface area (Å²) in [6, 6.07) is 10.2. The van der Waals surface area contributed by atoms with Crippen LogP contribution in [0, 0.1) is 5.92 Å². The van der Waals surface area contributed by atoms with Crippen molar-refractivity contribution < 1.29 is 13.9 Å². The standard InChI is InChI=1S/C22H23FN2O2/c1-26-19-12-6-11-18(20(19)23)15-7-5-10-17(13-15)22(14-27-21(24)25-22)16-8-3-2-4-9-16/h2-5,7-10,12,17H,6,11,13-14H2,1H3,(H2,24,25). The number of rotatable bonds is 4. The molecule has 27 heavy (non-hydrogen) atoms. The maximum absolute atomic E-state index is 14.8. The lowest BCUT2D eigenvalue weighted by Gasteiger charge is -2.34. The molecule has 140 valence electrons. The van der Waals surface area contributed by atoms with Crippen LogP contribution in [-0.4, -0.2) is 19.7 Å². The van der Waals surface area contributed by atoms with Gasteiger partial charge in [0.15, 0.2) is 11.6 Å². The van der Waals surface area contributed by atoms with E-state index in [9.17, 15) is 4.39 Å². The topological polar surface area (TPSA) is 56.8 Å². The normalized spacial score (nSPS) is 27.6. The molecule has 2 atom stereocenters. The predicted molar refractivity (Wildman–Crippen MR) is 103 cm³/mol. The Morgan fingerprint density at radius 3 is 2.81 bits per heavy atom. The number of allylic oxidation sites excluding steroid dienone is 6. The van der Waals surface area contributed by atoms with Crippen LogP contribution in [0.1, 0.15) is 24.8 Å². The summed E-state index contributed by atoms with van der Waals surface area (Å²) in [4.78, 5) is 4.69. The fourth-order valence-electron chi connectivity index (χ4n) is 4.12. The maximum atomic E-state index is 14.8. The fourth-order valence-corrected chi connectivity index (χ4v) is 4.12. The first-order valence-corrected chi connectivity index (χ1v) is 9.18. The lowest BCUT2D eigenvalue weighted by Crippen LogP contribution is -2.35. The Morgan fingerprint density at radius 2 is 2.11 bits per heavy atom. The van der Waals surface area contributed by atoms with Gasteiger partial charge in [0.05, 0.1) is 7.11 Å². The molecule has 0 fully saturated rings. The minimum Gasteiger partial charge on any atom is -0.494 e. The van der Waals surface area contributed by atoms with E-state index in [0.29, 0.717) is 25.2 Å². The maximum Gasteiger partial charge on any atom is 0.283 e. The average Bonchev–Trinajstić information content (AvgIpc) is 3.12. The molecule has 4 rings (SSSR count). The van der Waals surface area contributed by atoms with Crippen LogP contribution in [0.3, 0.4) is 0 Å². The second-order valence-corrected chi connectivity index (χ2v) is 7.02. The Morgan fingerprint density at radius 1 is 1.30 bits per heavy atom. The molecule has 1 aromatic carbocycles. The van der Waals surface area contributed by atoms with E-state index in [1.165, 1.54) is 7.11 Å². The third-order valence-electron chi connectivity index (χ3n) is 5.53.